The van der Waals surface area contributed by atoms with Crippen LogP contribution in [0.4, 0.5) is 0 Å². The first-order chi connectivity index (χ1) is 10.9. The Balaban J connectivity index is 2.05. The number of hydrogen-bond acceptors (Lipinski definition) is 5. The third-order valence-electron chi connectivity index (χ3n) is 4.50. The van der Waals surface area contributed by atoms with Crippen molar-refractivity contribution in [3.05, 3.63) is 40.8 Å². The molecule has 0 saturated carbocycles. The molecule has 2 unspecified atom stereocenters. The highest BCUT2D eigenvalue weighted by Gasteiger charge is 2.36. The van der Waals surface area contributed by atoms with Crippen molar-refractivity contribution >= 4 is 21.0 Å². The lowest BCUT2D eigenvalue weighted by molar-refractivity contribution is 0.192. The van der Waals surface area contributed by atoms with Crippen LogP contribution < -0.4 is 11.4 Å². The lowest BCUT2D eigenvalue weighted by Gasteiger charge is -2.38. The number of nitrogens with zero attached hydrogens (tertiary/aromatic N) is 1. The van der Waals surface area contributed by atoms with Gasteiger partial charge in [0.05, 0.1) is 4.90 Å². The summed E-state index contributed by atoms with van der Waals surface area (Å²) in [6.07, 6.45) is 1.82. The monoisotopic (exact) mass is 336 g/mol. The Morgan fingerprint density at radius 1 is 1.30 bits per heavy atom. The van der Waals surface area contributed by atoms with Crippen LogP contribution >= 0.6 is 0 Å². The summed E-state index contributed by atoms with van der Waals surface area (Å²) in [6.45, 7) is 2.83. The number of fused-ring (bicyclic) bond motifs is 1. The van der Waals surface area contributed by atoms with E-state index in [0.717, 1.165) is 12.8 Å². The fraction of sp³-hybridized carbons (Fsp3) is 0.438. The fourth-order valence-corrected chi connectivity index (χ4v) is 5.01. The summed E-state index contributed by atoms with van der Waals surface area (Å²) >= 11 is 0. The van der Waals surface area contributed by atoms with E-state index in [0.29, 0.717) is 24.1 Å². The van der Waals surface area contributed by atoms with Crippen LogP contribution in [0.5, 0.6) is 0 Å². The van der Waals surface area contributed by atoms with Crippen molar-refractivity contribution < 1.29 is 12.8 Å². The van der Waals surface area contributed by atoms with E-state index in [-0.39, 0.29) is 16.9 Å². The molecule has 7 heteroatoms. The predicted molar refractivity (Wildman–Crippen MR) is 87.6 cm³/mol. The molecular formula is C16H20N2O4S. The zero-order valence-electron chi connectivity index (χ0n) is 12.9. The topological polar surface area (TPSA) is 93.6 Å². The molecule has 1 saturated heterocycles. The Morgan fingerprint density at radius 2 is 2.09 bits per heavy atom. The van der Waals surface area contributed by atoms with Gasteiger partial charge in [-0.1, -0.05) is 6.92 Å². The van der Waals surface area contributed by atoms with Crippen molar-refractivity contribution in [1.29, 1.82) is 0 Å². The molecule has 1 aromatic carbocycles. The summed E-state index contributed by atoms with van der Waals surface area (Å²) in [5, 5.41) is 0.583. The minimum Gasteiger partial charge on any atom is -0.423 e. The summed E-state index contributed by atoms with van der Waals surface area (Å²) < 4.78 is 32.5. The Labute approximate surface area is 134 Å². The fourth-order valence-electron chi connectivity index (χ4n) is 3.21. The van der Waals surface area contributed by atoms with Gasteiger partial charge in [-0.2, -0.15) is 4.31 Å². The third kappa shape index (κ3) is 2.91. The molecule has 2 aromatic rings. The van der Waals surface area contributed by atoms with Gasteiger partial charge in [0.15, 0.2) is 0 Å². The Hall–Kier alpha value is -1.70. The highest BCUT2D eigenvalue weighted by molar-refractivity contribution is 7.89. The molecule has 1 fully saturated rings. The maximum Gasteiger partial charge on any atom is 0.336 e. The van der Waals surface area contributed by atoms with E-state index in [4.69, 9.17) is 10.2 Å². The van der Waals surface area contributed by atoms with Crippen LogP contribution in [0, 0.1) is 5.92 Å². The quantitative estimate of drug-likeness (QED) is 0.858. The minimum absolute atomic E-state index is 0.182. The molecule has 1 aliphatic heterocycles. The van der Waals surface area contributed by atoms with Crippen LogP contribution in [-0.2, 0) is 10.0 Å². The summed E-state index contributed by atoms with van der Waals surface area (Å²) in [4.78, 5) is 11.4. The van der Waals surface area contributed by atoms with Crippen molar-refractivity contribution in [2.45, 2.75) is 30.7 Å². The summed E-state index contributed by atoms with van der Waals surface area (Å²) in [6, 6.07) is 7.21. The van der Waals surface area contributed by atoms with Gasteiger partial charge in [0.1, 0.15) is 5.58 Å². The van der Waals surface area contributed by atoms with Crippen molar-refractivity contribution in [2.24, 2.45) is 11.7 Å². The highest BCUT2D eigenvalue weighted by Crippen LogP contribution is 2.29. The first-order valence-corrected chi connectivity index (χ1v) is 9.13. The number of benzene rings is 1. The Morgan fingerprint density at radius 3 is 2.83 bits per heavy atom. The Kier molecular flexibility index (Phi) is 4.27. The van der Waals surface area contributed by atoms with Crippen molar-refractivity contribution in [1.82, 2.24) is 4.31 Å². The van der Waals surface area contributed by atoms with Gasteiger partial charge in [0, 0.05) is 30.6 Å². The van der Waals surface area contributed by atoms with E-state index in [9.17, 15) is 13.2 Å². The summed E-state index contributed by atoms with van der Waals surface area (Å²) in [5.74, 6) is 0.238. The second-order valence-corrected chi connectivity index (χ2v) is 7.88. The molecule has 1 aliphatic rings. The van der Waals surface area contributed by atoms with Crippen molar-refractivity contribution in [2.75, 3.05) is 13.1 Å². The average Bonchev–Trinajstić information content (AvgIpc) is 2.54. The second-order valence-electron chi connectivity index (χ2n) is 5.99. The van der Waals surface area contributed by atoms with Crippen LogP contribution in [0.25, 0.3) is 11.0 Å². The van der Waals surface area contributed by atoms with Crippen LogP contribution in [0.3, 0.4) is 0 Å². The van der Waals surface area contributed by atoms with Gasteiger partial charge in [-0.05, 0) is 43.0 Å². The van der Waals surface area contributed by atoms with E-state index < -0.39 is 15.6 Å². The molecule has 0 bridgehead atoms. The molecule has 0 spiro atoms. The van der Waals surface area contributed by atoms with Gasteiger partial charge in [-0.15, -0.1) is 0 Å². The summed E-state index contributed by atoms with van der Waals surface area (Å²) in [7, 11) is -3.62. The summed E-state index contributed by atoms with van der Waals surface area (Å²) in [5.41, 5.74) is 5.73. The Bertz CT molecular complexity index is 875. The van der Waals surface area contributed by atoms with Crippen LogP contribution in [0.1, 0.15) is 19.8 Å². The molecule has 23 heavy (non-hydrogen) atoms. The lowest BCUT2D eigenvalue weighted by Crippen LogP contribution is -2.51. The molecule has 6 nitrogen and oxygen atoms in total. The standard InChI is InChI=1S/C16H20N2O4S/c1-11-3-2-8-18(14(11)10-17)23(20,21)13-5-6-15-12(9-13)4-7-16(19)22-15/h4-7,9,11,14H,2-3,8,10,17H2,1H3. The highest BCUT2D eigenvalue weighted by atomic mass is 32.2. The van der Waals surface area contributed by atoms with E-state index >= 15 is 0 Å². The minimum atomic E-state index is -3.62. The third-order valence-corrected chi connectivity index (χ3v) is 6.42. The molecule has 2 atom stereocenters. The van der Waals surface area contributed by atoms with Gasteiger partial charge in [0.25, 0.3) is 0 Å². The first-order valence-electron chi connectivity index (χ1n) is 7.69. The van der Waals surface area contributed by atoms with Gasteiger partial charge in [0.2, 0.25) is 10.0 Å². The number of piperidine rings is 1. The van der Waals surface area contributed by atoms with Crippen LogP contribution in [0.2, 0.25) is 0 Å². The van der Waals surface area contributed by atoms with Gasteiger partial charge in [-0.25, -0.2) is 13.2 Å². The molecular weight excluding hydrogens is 316 g/mol. The zero-order valence-corrected chi connectivity index (χ0v) is 13.8. The van der Waals surface area contributed by atoms with E-state index in [1.165, 1.54) is 22.5 Å². The predicted octanol–water partition coefficient (Wildman–Crippen LogP) is 1.54. The first kappa shape index (κ1) is 16.2. The average molecular weight is 336 g/mol. The lowest BCUT2D eigenvalue weighted by atomic mass is 9.93. The maximum atomic E-state index is 13.0. The molecule has 124 valence electrons. The normalized spacial score (nSPS) is 23.2. The van der Waals surface area contributed by atoms with Gasteiger partial charge >= 0.3 is 5.63 Å². The smallest absolute Gasteiger partial charge is 0.336 e. The molecule has 3 rings (SSSR count). The zero-order chi connectivity index (χ0) is 16.6. The molecule has 0 radical (unpaired) electrons. The number of sulfonamides is 1. The molecule has 1 aromatic heterocycles. The van der Waals surface area contributed by atoms with E-state index in [1.54, 1.807) is 12.1 Å². The van der Waals surface area contributed by atoms with E-state index in [2.05, 4.69) is 0 Å². The van der Waals surface area contributed by atoms with Crippen LogP contribution in [0.15, 0.2) is 44.4 Å². The molecule has 0 aliphatic carbocycles. The van der Waals surface area contributed by atoms with Gasteiger partial charge < -0.3 is 10.2 Å². The van der Waals surface area contributed by atoms with Gasteiger partial charge in [-0.3, -0.25) is 0 Å². The van der Waals surface area contributed by atoms with Crippen LogP contribution in [-0.4, -0.2) is 31.9 Å². The molecule has 2 heterocycles. The molecule has 0 amide bonds. The number of hydrogen-bond donors (Lipinski definition) is 1. The van der Waals surface area contributed by atoms with Crippen molar-refractivity contribution in [3.8, 4) is 0 Å². The second kappa shape index (κ2) is 6.07. The largest absolute Gasteiger partial charge is 0.423 e. The molecule has 2 N–H and O–H groups in total. The van der Waals surface area contributed by atoms with Crippen molar-refractivity contribution in [3.63, 3.8) is 0 Å². The van der Waals surface area contributed by atoms with E-state index in [1.807, 2.05) is 6.92 Å². The number of nitrogens with two attached hydrogens (primary N) is 1. The SMILES string of the molecule is CC1CCCN(S(=O)(=O)c2ccc3oc(=O)ccc3c2)C1CN. The maximum absolute atomic E-state index is 13.0. The number of rotatable bonds is 3.